The highest BCUT2D eigenvalue weighted by Crippen LogP contribution is 2.50. The predicted molar refractivity (Wildman–Crippen MR) is 98.0 cm³/mol. The lowest BCUT2D eigenvalue weighted by Gasteiger charge is -2.20. The van der Waals surface area contributed by atoms with Crippen LogP contribution in [0.15, 0.2) is 84.9 Å². The van der Waals surface area contributed by atoms with Gasteiger partial charge in [0.1, 0.15) is 15.9 Å². The quantitative estimate of drug-likeness (QED) is 0.725. The van der Waals surface area contributed by atoms with E-state index in [0.29, 0.717) is 0 Å². The van der Waals surface area contributed by atoms with Gasteiger partial charge in [-0.05, 0) is 48.9 Å². The van der Waals surface area contributed by atoms with Gasteiger partial charge in [0.05, 0.1) is 6.10 Å². The highest BCUT2D eigenvalue weighted by Gasteiger charge is 2.44. The Morgan fingerprint density at radius 1 is 0.652 bits per heavy atom. The molecule has 0 amide bonds. The molecule has 2 N–H and O–H groups in total. The van der Waals surface area contributed by atoms with Gasteiger partial charge in [0.2, 0.25) is 7.49 Å². The molecule has 3 rings (SSSR count). The van der Waals surface area contributed by atoms with Gasteiger partial charge in [-0.1, -0.05) is 48.5 Å². The predicted octanol–water partition coefficient (Wildman–Crippen LogP) is 2.94. The van der Waals surface area contributed by atoms with Crippen molar-refractivity contribution in [1.82, 2.24) is 0 Å². The largest absolute Gasteiger partial charge is 0.389 e. The summed E-state index contributed by atoms with van der Waals surface area (Å²) in [5.41, 5.74) is 0.849. The Hall–Kier alpha value is -1.99. The van der Waals surface area contributed by atoms with Gasteiger partial charge in [0.15, 0.2) is 0 Å². The topological polar surface area (TPSA) is 40.5 Å². The van der Waals surface area contributed by atoms with Crippen LogP contribution in [0.25, 0.3) is 0 Å². The standard InChI is InChI=1S/C20H20O2P/c1-16(21)17-12-14-20(15-13-17)23(22,18-8-4-2-5-9-18)19-10-6-3-7-11-19/h2-16,21-22H,1H3/q+1. The van der Waals surface area contributed by atoms with Crippen molar-refractivity contribution in [2.75, 3.05) is 0 Å². The van der Waals surface area contributed by atoms with Crippen molar-refractivity contribution in [3.8, 4) is 0 Å². The molecule has 3 aromatic carbocycles. The van der Waals surface area contributed by atoms with Crippen molar-refractivity contribution >= 4 is 23.4 Å². The molecule has 0 aliphatic carbocycles. The van der Waals surface area contributed by atoms with Gasteiger partial charge in [-0.2, -0.15) is 0 Å². The SMILES string of the molecule is CC(O)c1ccc([P+](O)(c2ccccc2)c2ccccc2)cc1. The monoisotopic (exact) mass is 323 g/mol. The Morgan fingerprint density at radius 3 is 1.43 bits per heavy atom. The van der Waals surface area contributed by atoms with Crippen LogP contribution in [-0.2, 0) is 0 Å². The summed E-state index contributed by atoms with van der Waals surface area (Å²) in [5.74, 6) is 0. The van der Waals surface area contributed by atoms with Gasteiger partial charge in [0, 0.05) is 0 Å². The molecule has 0 aromatic heterocycles. The zero-order valence-electron chi connectivity index (χ0n) is 13.0. The van der Waals surface area contributed by atoms with Gasteiger partial charge in [-0.25, -0.2) is 4.89 Å². The third kappa shape index (κ3) is 3.07. The smallest absolute Gasteiger partial charge is 0.238 e. The van der Waals surface area contributed by atoms with E-state index in [1.54, 1.807) is 6.92 Å². The molecule has 1 unspecified atom stereocenters. The molecule has 1 atom stereocenters. The van der Waals surface area contributed by atoms with Crippen molar-refractivity contribution in [1.29, 1.82) is 0 Å². The van der Waals surface area contributed by atoms with Crippen LogP contribution in [0.3, 0.4) is 0 Å². The Morgan fingerprint density at radius 2 is 1.04 bits per heavy atom. The van der Waals surface area contributed by atoms with Crippen LogP contribution < -0.4 is 15.9 Å². The van der Waals surface area contributed by atoms with E-state index in [1.165, 1.54) is 0 Å². The van der Waals surface area contributed by atoms with Gasteiger partial charge in [-0.15, -0.1) is 0 Å². The van der Waals surface area contributed by atoms with E-state index in [0.717, 1.165) is 21.5 Å². The molecule has 3 aromatic rings. The molecule has 23 heavy (non-hydrogen) atoms. The summed E-state index contributed by atoms with van der Waals surface area (Å²) < 4.78 is 0. The van der Waals surface area contributed by atoms with Crippen molar-refractivity contribution in [3.05, 3.63) is 90.5 Å². The minimum atomic E-state index is -2.66. The fourth-order valence-electron chi connectivity index (χ4n) is 2.70. The molecule has 0 aliphatic heterocycles. The summed E-state index contributed by atoms with van der Waals surface area (Å²) in [7, 11) is -2.66. The Labute approximate surface area is 137 Å². The summed E-state index contributed by atoms with van der Waals surface area (Å²) in [6.45, 7) is 1.74. The van der Waals surface area contributed by atoms with Crippen molar-refractivity contribution in [2.45, 2.75) is 13.0 Å². The molecule has 0 saturated carbocycles. The molecule has 0 fully saturated rings. The molecule has 116 valence electrons. The third-order valence-electron chi connectivity index (χ3n) is 4.01. The van der Waals surface area contributed by atoms with Crippen LogP contribution in [0.1, 0.15) is 18.6 Å². The van der Waals surface area contributed by atoms with E-state index in [2.05, 4.69) is 0 Å². The maximum atomic E-state index is 11.7. The van der Waals surface area contributed by atoms with Crippen LogP contribution in [0.2, 0.25) is 0 Å². The van der Waals surface area contributed by atoms with E-state index in [-0.39, 0.29) is 0 Å². The van der Waals surface area contributed by atoms with E-state index in [9.17, 15) is 10.00 Å². The Bertz CT molecular complexity index is 713. The average Bonchev–Trinajstić information content (AvgIpc) is 2.62. The Balaban J connectivity index is 2.16. The molecular weight excluding hydrogens is 303 g/mol. The van der Waals surface area contributed by atoms with Crippen molar-refractivity contribution in [2.24, 2.45) is 0 Å². The highest BCUT2D eigenvalue weighted by atomic mass is 31.2. The van der Waals surface area contributed by atoms with Crippen LogP contribution in [-0.4, -0.2) is 10.00 Å². The molecule has 0 bridgehead atoms. The van der Waals surface area contributed by atoms with E-state index in [4.69, 9.17) is 0 Å². The molecular formula is C20H20O2P+. The fraction of sp³-hybridized carbons (Fsp3) is 0.100. The molecule has 0 saturated heterocycles. The first-order chi connectivity index (χ1) is 11.1. The number of aliphatic hydroxyl groups is 1. The fourth-order valence-corrected chi connectivity index (χ4v) is 5.39. The number of rotatable bonds is 4. The van der Waals surface area contributed by atoms with Crippen LogP contribution in [0, 0.1) is 0 Å². The minimum Gasteiger partial charge on any atom is -0.389 e. The average molecular weight is 323 g/mol. The van der Waals surface area contributed by atoms with E-state index >= 15 is 0 Å². The maximum Gasteiger partial charge on any atom is 0.238 e. The molecule has 0 heterocycles. The second-order valence-electron chi connectivity index (χ2n) is 5.57. The number of aliphatic hydroxyl groups excluding tert-OH is 1. The van der Waals surface area contributed by atoms with E-state index < -0.39 is 13.6 Å². The third-order valence-corrected chi connectivity index (χ3v) is 7.15. The molecule has 3 heteroatoms. The van der Waals surface area contributed by atoms with Crippen LogP contribution >= 0.6 is 7.49 Å². The van der Waals surface area contributed by atoms with Crippen molar-refractivity contribution in [3.63, 3.8) is 0 Å². The maximum absolute atomic E-state index is 11.7. The normalized spacial score (nSPS) is 12.8. The lowest BCUT2D eigenvalue weighted by molar-refractivity contribution is 0.199. The summed E-state index contributed by atoms with van der Waals surface area (Å²) in [4.78, 5) is 11.7. The summed E-state index contributed by atoms with van der Waals surface area (Å²) in [5, 5.41) is 12.4. The van der Waals surface area contributed by atoms with Gasteiger partial charge in [0.25, 0.3) is 0 Å². The molecule has 2 nitrogen and oxygen atoms in total. The van der Waals surface area contributed by atoms with Gasteiger partial charge >= 0.3 is 0 Å². The first-order valence-electron chi connectivity index (χ1n) is 7.64. The first kappa shape index (κ1) is 15.9. The number of hydrogen-bond acceptors (Lipinski definition) is 2. The number of benzene rings is 3. The number of hydrogen-bond donors (Lipinski definition) is 2. The van der Waals surface area contributed by atoms with Gasteiger partial charge in [-0.3, -0.25) is 0 Å². The summed E-state index contributed by atoms with van der Waals surface area (Å²) in [6, 6.07) is 27.2. The second kappa shape index (κ2) is 6.64. The summed E-state index contributed by atoms with van der Waals surface area (Å²) in [6.07, 6.45) is -0.510. The zero-order valence-corrected chi connectivity index (χ0v) is 13.9. The van der Waals surface area contributed by atoms with Crippen LogP contribution in [0.4, 0.5) is 0 Å². The molecule has 0 spiro atoms. The van der Waals surface area contributed by atoms with E-state index in [1.807, 2.05) is 84.9 Å². The molecule has 0 aliphatic rings. The molecule has 0 radical (unpaired) electrons. The zero-order chi connectivity index (χ0) is 16.3. The first-order valence-corrected chi connectivity index (χ1v) is 9.38. The highest BCUT2D eigenvalue weighted by molar-refractivity contribution is 7.91. The minimum absolute atomic E-state index is 0.510. The van der Waals surface area contributed by atoms with Crippen LogP contribution in [0.5, 0.6) is 0 Å². The van der Waals surface area contributed by atoms with Crippen molar-refractivity contribution < 1.29 is 10.00 Å². The van der Waals surface area contributed by atoms with Gasteiger partial charge < -0.3 is 5.11 Å². The lowest BCUT2D eigenvalue weighted by Crippen LogP contribution is -2.30. The lowest BCUT2D eigenvalue weighted by atomic mass is 10.1. The second-order valence-corrected chi connectivity index (χ2v) is 8.39. The summed E-state index contributed by atoms with van der Waals surface area (Å²) >= 11 is 0. The Kier molecular flexibility index (Phi) is 4.58.